The number of amides is 2. The predicted molar refractivity (Wildman–Crippen MR) is 113 cm³/mol. The lowest BCUT2D eigenvalue weighted by Gasteiger charge is -2.16. The average molecular weight is 416 g/mol. The number of thioether (sulfide) groups is 1. The van der Waals surface area contributed by atoms with E-state index in [-0.39, 0.29) is 17.9 Å². The molecule has 0 atom stereocenters. The van der Waals surface area contributed by atoms with Gasteiger partial charge < -0.3 is 4.74 Å². The monoisotopic (exact) mass is 415 g/mol. The van der Waals surface area contributed by atoms with Gasteiger partial charge in [-0.25, -0.2) is 9.78 Å². The Labute approximate surface area is 173 Å². The number of nitrogens with zero attached hydrogens (tertiary/aromatic N) is 2. The maximum absolute atomic E-state index is 13.0. The van der Waals surface area contributed by atoms with Crippen LogP contribution in [0.5, 0.6) is 0 Å². The maximum atomic E-state index is 13.0. The molecule has 2 amide bonds. The summed E-state index contributed by atoms with van der Waals surface area (Å²) in [6.45, 7) is 2.37. The SMILES string of the molecule is CCOC(=O)NC(=O)CSc1nc2ccccc2c(=O)n1CCC1=CCCCC1. The molecular formula is C21H25N3O4S. The van der Waals surface area contributed by atoms with E-state index in [1.54, 1.807) is 23.6 Å². The summed E-state index contributed by atoms with van der Waals surface area (Å²) in [7, 11) is 0. The van der Waals surface area contributed by atoms with Crippen molar-refractivity contribution in [2.24, 2.45) is 0 Å². The molecule has 2 aromatic rings. The first-order chi connectivity index (χ1) is 14.1. The Morgan fingerprint density at radius 3 is 2.86 bits per heavy atom. The van der Waals surface area contributed by atoms with Crippen molar-refractivity contribution in [1.82, 2.24) is 14.9 Å². The Morgan fingerprint density at radius 2 is 2.10 bits per heavy atom. The summed E-state index contributed by atoms with van der Waals surface area (Å²) in [4.78, 5) is 41.0. The third-order valence-corrected chi connectivity index (χ3v) is 5.69. The van der Waals surface area contributed by atoms with Crippen molar-refractivity contribution >= 4 is 34.7 Å². The van der Waals surface area contributed by atoms with Gasteiger partial charge in [0.1, 0.15) is 0 Å². The van der Waals surface area contributed by atoms with Crippen LogP contribution in [0.25, 0.3) is 10.9 Å². The second-order valence-electron chi connectivity index (χ2n) is 6.78. The summed E-state index contributed by atoms with van der Waals surface area (Å²) < 4.78 is 6.35. The number of hydrogen-bond donors (Lipinski definition) is 1. The highest BCUT2D eigenvalue weighted by Gasteiger charge is 2.15. The molecule has 7 nitrogen and oxygen atoms in total. The molecule has 1 heterocycles. The van der Waals surface area contributed by atoms with Gasteiger partial charge in [0.2, 0.25) is 5.91 Å². The van der Waals surface area contributed by atoms with Gasteiger partial charge in [0.05, 0.1) is 23.3 Å². The summed E-state index contributed by atoms with van der Waals surface area (Å²) in [6.07, 6.45) is 6.86. The van der Waals surface area contributed by atoms with E-state index >= 15 is 0 Å². The number of carbonyl (C=O) groups excluding carboxylic acids is 2. The summed E-state index contributed by atoms with van der Waals surface area (Å²) in [5, 5.41) is 3.20. The number of ether oxygens (including phenoxy) is 1. The van der Waals surface area contributed by atoms with E-state index in [2.05, 4.69) is 16.4 Å². The smallest absolute Gasteiger partial charge is 0.413 e. The molecule has 0 saturated heterocycles. The van der Waals surface area contributed by atoms with E-state index in [1.807, 2.05) is 12.1 Å². The third kappa shape index (κ3) is 5.69. The average Bonchev–Trinajstić information content (AvgIpc) is 2.72. The van der Waals surface area contributed by atoms with Crippen LogP contribution in [-0.4, -0.2) is 33.9 Å². The van der Waals surface area contributed by atoms with Crippen LogP contribution in [0.15, 0.2) is 45.9 Å². The van der Waals surface area contributed by atoms with E-state index < -0.39 is 12.0 Å². The number of para-hydroxylation sites is 1. The number of alkyl carbamates (subject to hydrolysis) is 1. The fourth-order valence-corrected chi connectivity index (χ4v) is 4.11. The molecule has 0 saturated carbocycles. The standard InChI is InChI=1S/C21H25N3O4S/c1-2-28-21(27)23-18(25)14-29-20-22-17-11-7-6-10-16(17)19(26)24(20)13-12-15-8-4-3-5-9-15/h6-8,10-11H,2-5,9,12-14H2,1H3,(H,23,25,27). The molecule has 0 fully saturated rings. The molecule has 29 heavy (non-hydrogen) atoms. The number of carbonyl (C=O) groups is 2. The lowest BCUT2D eigenvalue weighted by atomic mass is 9.97. The third-order valence-electron chi connectivity index (χ3n) is 4.72. The minimum atomic E-state index is -0.772. The Balaban J connectivity index is 1.80. The minimum Gasteiger partial charge on any atom is -0.450 e. The lowest BCUT2D eigenvalue weighted by molar-refractivity contribution is -0.117. The highest BCUT2D eigenvalue weighted by molar-refractivity contribution is 7.99. The number of nitrogens with one attached hydrogen (secondary N) is 1. The molecule has 1 aliphatic carbocycles. The van der Waals surface area contributed by atoms with E-state index in [4.69, 9.17) is 4.74 Å². The predicted octanol–water partition coefficient (Wildman–Crippen LogP) is 3.65. The molecule has 1 aromatic heterocycles. The Morgan fingerprint density at radius 1 is 1.28 bits per heavy atom. The Bertz CT molecular complexity index is 984. The topological polar surface area (TPSA) is 90.3 Å². The van der Waals surface area contributed by atoms with Gasteiger partial charge in [0.25, 0.3) is 5.56 Å². The molecule has 1 aromatic carbocycles. The van der Waals surface area contributed by atoms with E-state index in [1.165, 1.54) is 18.4 Å². The normalized spacial score (nSPS) is 13.8. The zero-order valence-corrected chi connectivity index (χ0v) is 17.3. The van der Waals surface area contributed by atoms with E-state index in [0.29, 0.717) is 22.6 Å². The van der Waals surface area contributed by atoms with Gasteiger partial charge in [-0.2, -0.15) is 0 Å². The van der Waals surface area contributed by atoms with Crippen LogP contribution in [0.4, 0.5) is 4.79 Å². The van der Waals surface area contributed by atoms with Crippen LogP contribution in [0, 0.1) is 0 Å². The first-order valence-electron chi connectivity index (χ1n) is 9.85. The fraction of sp³-hybridized carbons (Fsp3) is 0.429. The van der Waals surface area contributed by atoms with Crippen molar-refractivity contribution in [3.63, 3.8) is 0 Å². The molecule has 0 aliphatic heterocycles. The number of allylic oxidation sites excluding steroid dienone is 2. The summed E-state index contributed by atoms with van der Waals surface area (Å²) in [6, 6.07) is 7.20. The van der Waals surface area contributed by atoms with Gasteiger partial charge in [0, 0.05) is 6.54 Å². The van der Waals surface area contributed by atoms with Crippen molar-refractivity contribution in [1.29, 1.82) is 0 Å². The molecule has 1 N–H and O–H groups in total. The maximum Gasteiger partial charge on any atom is 0.413 e. The minimum absolute atomic E-state index is 0.0354. The van der Waals surface area contributed by atoms with E-state index in [0.717, 1.165) is 31.0 Å². The van der Waals surface area contributed by atoms with Gasteiger partial charge in [-0.05, 0) is 51.2 Å². The zero-order chi connectivity index (χ0) is 20.6. The summed E-state index contributed by atoms with van der Waals surface area (Å²) in [5.41, 5.74) is 1.85. The van der Waals surface area contributed by atoms with Crippen LogP contribution < -0.4 is 10.9 Å². The van der Waals surface area contributed by atoms with Gasteiger partial charge >= 0.3 is 6.09 Å². The molecule has 8 heteroatoms. The molecule has 154 valence electrons. The quantitative estimate of drug-likeness (QED) is 0.422. The van der Waals surface area contributed by atoms with Crippen LogP contribution in [0.3, 0.4) is 0 Å². The molecule has 0 unspecified atom stereocenters. The van der Waals surface area contributed by atoms with Crippen molar-refractivity contribution in [2.75, 3.05) is 12.4 Å². The summed E-state index contributed by atoms with van der Waals surface area (Å²) in [5.74, 6) is -0.524. The van der Waals surface area contributed by atoms with Crippen molar-refractivity contribution in [3.8, 4) is 0 Å². The lowest BCUT2D eigenvalue weighted by Crippen LogP contribution is -2.32. The number of hydrogen-bond acceptors (Lipinski definition) is 6. The second-order valence-corrected chi connectivity index (χ2v) is 7.73. The molecule has 0 spiro atoms. The Hall–Kier alpha value is -2.61. The molecule has 0 bridgehead atoms. The van der Waals surface area contributed by atoms with Gasteiger partial charge in [0.15, 0.2) is 5.16 Å². The number of aromatic nitrogens is 2. The number of rotatable bonds is 7. The first-order valence-corrected chi connectivity index (χ1v) is 10.8. The van der Waals surface area contributed by atoms with Crippen LogP contribution in [-0.2, 0) is 16.1 Å². The van der Waals surface area contributed by atoms with E-state index in [9.17, 15) is 14.4 Å². The Kier molecular flexibility index (Phi) is 7.46. The molecule has 1 aliphatic rings. The molecule has 0 radical (unpaired) electrons. The second kappa shape index (κ2) is 10.2. The largest absolute Gasteiger partial charge is 0.450 e. The van der Waals surface area contributed by atoms with Crippen LogP contribution in [0.1, 0.15) is 39.0 Å². The highest BCUT2D eigenvalue weighted by Crippen LogP contribution is 2.23. The summed E-state index contributed by atoms with van der Waals surface area (Å²) >= 11 is 1.14. The van der Waals surface area contributed by atoms with Crippen LogP contribution >= 0.6 is 11.8 Å². The van der Waals surface area contributed by atoms with Gasteiger partial charge in [-0.1, -0.05) is 35.5 Å². The van der Waals surface area contributed by atoms with Crippen LogP contribution in [0.2, 0.25) is 0 Å². The van der Waals surface area contributed by atoms with Crippen molar-refractivity contribution in [2.45, 2.75) is 50.7 Å². The van der Waals surface area contributed by atoms with Gasteiger partial charge in [-0.3, -0.25) is 19.5 Å². The van der Waals surface area contributed by atoms with Crippen molar-refractivity contribution in [3.05, 3.63) is 46.3 Å². The number of fused-ring (bicyclic) bond motifs is 1. The van der Waals surface area contributed by atoms with Crippen molar-refractivity contribution < 1.29 is 14.3 Å². The number of benzene rings is 1. The fourth-order valence-electron chi connectivity index (χ4n) is 3.29. The number of imide groups is 1. The highest BCUT2D eigenvalue weighted by atomic mass is 32.2. The molecule has 3 rings (SSSR count). The first kappa shape index (κ1) is 21.1. The van der Waals surface area contributed by atoms with Gasteiger partial charge in [-0.15, -0.1) is 0 Å². The zero-order valence-electron chi connectivity index (χ0n) is 16.5. The molecular weight excluding hydrogens is 390 g/mol.